The van der Waals surface area contributed by atoms with Gasteiger partial charge in [-0.3, -0.25) is 0 Å². The third kappa shape index (κ3) is 14.3. The predicted molar refractivity (Wildman–Crippen MR) is 45.0 cm³/mol. The summed E-state index contributed by atoms with van der Waals surface area (Å²) < 4.78 is 34.8. The zero-order valence-electron chi connectivity index (χ0n) is 7.69. The summed E-state index contributed by atoms with van der Waals surface area (Å²) >= 11 is 0.950. The summed E-state index contributed by atoms with van der Waals surface area (Å²) in [6.45, 7) is -3.88. The van der Waals surface area contributed by atoms with Gasteiger partial charge in [0.25, 0.3) is 0 Å². The molecule has 0 saturated carbocycles. The second kappa shape index (κ2) is 8.14. The predicted octanol–water partition coefficient (Wildman–Crippen LogP) is -1.33. The molecule has 0 aliphatic rings. The molecule has 0 amide bonds. The molecular weight excluding hydrogens is 213 g/mol. The molecule has 12 heavy (non-hydrogen) atoms. The first kappa shape index (κ1) is 16.2. The Morgan fingerprint density at radius 2 is 1.75 bits per heavy atom. The Kier molecular flexibility index (Phi) is 11.0. The molecule has 0 saturated heterocycles. The summed E-state index contributed by atoms with van der Waals surface area (Å²) in [5.74, 6) is 0.550. The minimum absolute atomic E-state index is 0. The largest absolute Gasteiger partial charge is 1.00 e. The van der Waals surface area contributed by atoms with Crippen LogP contribution in [0, 0.1) is 0 Å². The van der Waals surface area contributed by atoms with Crippen LogP contribution in [0.25, 0.3) is 0 Å². The zero-order chi connectivity index (χ0) is 8.91. The molecule has 0 aliphatic heterocycles. The monoisotopic (exact) mass is 225 g/mol. The van der Waals surface area contributed by atoms with Crippen LogP contribution >= 0.6 is 11.8 Å². The van der Waals surface area contributed by atoms with Gasteiger partial charge in [0.05, 0.1) is 0 Å². The van der Waals surface area contributed by atoms with Gasteiger partial charge in [-0.2, -0.15) is 11.8 Å². The van der Waals surface area contributed by atoms with E-state index in [1.807, 2.05) is 19.0 Å². The molecular formula is C5H12BF3KNS. The average Bonchev–Trinajstić information content (AvgIpc) is 1.78. The maximum absolute atomic E-state index is 11.6. The van der Waals surface area contributed by atoms with Gasteiger partial charge in [0.2, 0.25) is 0 Å². The van der Waals surface area contributed by atoms with E-state index in [0.717, 1.165) is 11.8 Å². The van der Waals surface area contributed by atoms with Crippen molar-refractivity contribution in [2.45, 2.75) is 0 Å². The first-order valence-electron chi connectivity index (χ1n) is 3.35. The number of hydrogen-bond acceptors (Lipinski definition) is 2. The molecule has 0 rings (SSSR count). The standard InChI is InChI=1S/C5H12BF3NS.K/c1-10(2)3-4-11-5-6(7,8)9;/h3-5H2,1-2H3;/q-1;+1. The Labute approximate surface area is 118 Å². The average molecular weight is 225 g/mol. The number of thioether (sulfide) groups is 1. The van der Waals surface area contributed by atoms with Gasteiger partial charge >= 0.3 is 58.4 Å². The molecule has 0 heterocycles. The SMILES string of the molecule is CN(C)CCSC[B-](F)(F)F.[K+]. The fraction of sp³-hybridized carbons (Fsp3) is 1.00. The molecule has 0 fully saturated rings. The Bertz CT molecular complexity index is 111. The van der Waals surface area contributed by atoms with Gasteiger partial charge in [0.1, 0.15) is 0 Å². The summed E-state index contributed by atoms with van der Waals surface area (Å²) in [5, 5.41) is 0. The van der Waals surface area contributed by atoms with Crippen molar-refractivity contribution in [2.75, 3.05) is 32.0 Å². The third-order valence-electron chi connectivity index (χ3n) is 0.990. The molecule has 0 aromatic carbocycles. The molecule has 0 unspecified atom stereocenters. The van der Waals surface area contributed by atoms with Gasteiger partial charge in [0.15, 0.2) is 0 Å². The topological polar surface area (TPSA) is 3.24 Å². The van der Waals surface area contributed by atoms with E-state index in [1.165, 1.54) is 0 Å². The van der Waals surface area contributed by atoms with Crippen LogP contribution in [0.15, 0.2) is 0 Å². The fourth-order valence-electron chi connectivity index (χ4n) is 0.464. The van der Waals surface area contributed by atoms with Crippen molar-refractivity contribution in [2.24, 2.45) is 0 Å². The van der Waals surface area contributed by atoms with Crippen molar-refractivity contribution in [1.29, 1.82) is 0 Å². The second-order valence-electron chi connectivity index (χ2n) is 2.59. The minimum atomic E-state index is -4.59. The Morgan fingerprint density at radius 1 is 1.25 bits per heavy atom. The van der Waals surface area contributed by atoms with Gasteiger partial charge in [-0.1, -0.05) is 0 Å². The van der Waals surface area contributed by atoms with E-state index in [9.17, 15) is 12.9 Å². The Hall–Kier alpha value is 1.80. The van der Waals surface area contributed by atoms with Crippen molar-refractivity contribution in [1.82, 2.24) is 4.90 Å². The number of hydrogen-bond donors (Lipinski definition) is 0. The summed E-state index contributed by atoms with van der Waals surface area (Å²) in [5.41, 5.74) is -0.673. The molecule has 0 N–H and O–H groups in total. The fourth-order valence-corrected chi connectivity index (χ4v) is 1.39. The molecule has 0 bridgehead atoms. The van der Waals surface area contributed by atoms with E-state index < -0.39 is 12.6 Å². The summed E-state index contributed by atoms with van der Waals surface area (Å²) in [6.07, 6.45) is 0. The van der Waals surface area contributed by atoms with E-state index >= 15 is 0 Å². The van der Waals surface area contributed by atoms with Crippen LogP contribution in [-0.4, -0.2) is 43.9 Å². The number of halogens is 3. The smallest absolute Gasteiger partial charge is 0.448 e. The third-order valence-corrected chi connectivity index (χ3v) is 2.07. The molecule has 0 atom stereocenters. The summed E-state index contributed by atoms with van der Waals surface area (Å²) in [7, 11) is 3.69. The summed E-state index contributed by atoms with van der Waals surface area (Å²) in [4.78, 5) is 1.87. The molecule has 0 radical (unpaired) electrons. The van der Waals surface area contributed by atoms with Crippen molar-refractivity contribution >= 4 is 18.7 Å². The first-order valence-corrected chi connectivity index (χ1v) is 4.51. The number of rotatable bonds is 5. The van der Waals surface area contributed by atoms with E-state index in [2.05, 4.69) is 0 Å². The van der Waals surface area contributed by atoms with Crippen molar-refractivity contribution in [3.8, 4) is 0 Å². The van der Waals surface area contributed by atoms with Gasteiger partial charge in [-0.25, -0.2) is 0 Å². The van der Waals surface area contributed by atoms with E-state index in [1.54, 1.807) is 0 Å². The van der Waals surface area contributed by atoms with E-state index in [-0.39, 0.29) is 51.4 Å². The normalized spacial score (nSPS) is 11.5. The van der Waals surface area contributed by atoms with Gasteiger partial charge in [-0.05, 0) is 19.7 Å². The molecule has 0 spiro atoms. The van der Waals surface area contributed by atoms with E-state index in [0.29, 0.717) is 12.3 Å². The van der Waals surface area contributed by atoms with Gasteiger partial charge in [-0.15, -0.1) is 0 Å². The van der Waals surface area contributed by atoms with Gasteiger partial charge in [0, 0.05) is 12.3 Å². The van der Waals surface area contributed by atoms with Crippen LogP contribution < -0.4 is 51.4 Å². The minimum Gasteiger partial charge on any atom is -0.448 e. The molecule has 0 aromatic rings. The van der Waals surface area contributed by atoms with E-state index in [4.69, 9.17) is 0 Å². The van der Waals surface area contributed by atoms with Crippen LogP contribution in [0.1, 0.15) is 0 Å². The maximum Gasteiger partial charge on any atom is 1.00 e. The molecule has 1 nitrogen and oxygen atoms in total. The van der Waals surface area contributed by atoms with Crippen LogP contribution in [0.4, 0.5) is 12.9 Å². The van der Waals surface area contributed by atoms with Crippen molar-refractivity contribution in [3.05, 3.63) is 0 Å². The summed E-state index contributed by atoms with van der Waals surface area (Å²) in [6, 6.07) is 0. The van der Waals surface area contributed by atoms with Crippen LogP contribution in [-0.2, 0) is 0 Å². The quantitative estimate of drug-likeness (QED) is 0.421. The molecule has 68 valence electrons. The Morgan fingerprint density at radius 3 is 2.08 bits per heavy atom. The molecule has 0 aromatic heterocycles. The van der Waals surface area contributed by atoms with Crippen LogP contribution in [0.5, 0.6) is 0 Å². The zero-order valence-corrected chi connectivity index (χ0v) is 11.6. The van der Waals surface area contributed by atoms with Crippen molar-refractivity contribution < 1.29 is 64.3 Å². The maximum atomic E-state index is 11.6. The van der Waals surface area contributed by atoms with Crippen LogP contribution in [0.3, 0.4) is 0 Å². The molecule has 0 aliphatic carbocycles. The molecule has 7 heteroatoms. The van der Waals surface area contributed by atoms with Crippen molar-refractivity contribution in [3.63, 3.8) is 0 Å². The first-order chi connectivity index (χ1) is 4.92. The Balaban J connectivity index is 0. The van der Waals surface area contributed by atoms with Crippen LogP contribution in [0.2, 0.25) is 0 Å². The van der Waals surface area contributed by atoms with Gasteiger partial charge < -0.3 is 17.8 Å². The second-order valence-corrected chi connectivity index (χ2v) is 3.74. The number of nitrogens with zero attached hydrogens (tertiary/aromatic N) is 1.